The molecule has 3 heteroatoms. The van der Waals surface area contributed by atoms with Crippen molar-refractivity contribution in [2.45, 2.75) is 76.7 Å². The second-order valence-electron chi connectivity index (χ2n) is 5.37. The summed E-state index contributed by atoms with van der Waals surface area (Å²) in [5, 5.41) is 13.1. The highest BCUT2D eigenvalue weighted by atomic mass is 16.3. The Bertz CT molecular complexity index is 222. The molecule has 0 saturated heterocycles. The quantitative estimate of drug-likeness (QED) is 0.673. The number of amides is 1. The van der Waals surface area contributed by atoms with Crippen LogP contribution in [0.15, 0.2) is 0 Å². The molecule has 3 nitrogen and oxygen atoms in total. The summed E-state index contributed by atoms with van der Waals surface area (Å²) in [6, 6.07) is 0. The fourth-order valence-electron chi connectivity index (χ4n) is 2.53. The summed E-state index contributed by atoms with van der Waals surface area (Å²) in [7, 11) is 0. The maximum atomic E-state index is 11.7. The third-order valence-electron chi connectivity index (χ3n) is 3.63. The van der Waals surface area contributed by atoms with Crippen molar-refractivity contribution in [3.63, 3.8) is 0 Å². The summed E-state index contributed by atoms with van der Waals surface area (Å²) >= 11 is 0. The van der Waals surface area contributed by atoms with Gasteiger partial charge >= 0.3 is 0 Å². The first-order chi connectivity index (χ1) is 8.16. The van der Waals surface area contributed by atoms with Gasteiger partial charge in [-0.3, -0.25) is 4.79 Å². The van der Waals surface area contributed by atoms with Gasteiger partial charge in [-0.1, -0.05) is 45.4 Å². The van der Waals surface area contributed by atoms with E-state index < -0.39 is 5.60 Å². The summed E-state index contributed by atoms with van der Waals surface area (Å²) in [5.41, 5.74) is -0.717. The van der Waals surface area contributed by atoms with Crippen molar-refractivity contribution in [1.29, 1.82) is 0 Å². The predicted octanol–water partition coefficient (Wildman–Crippen LogP) is 2.77. The van der Waals surface area contributed by atoms with E-state index in [1.807, 2.05) is 0 Å². The van der Waals surface area contributed by atoms with Crippen LogP contribution in [0.2, 0.25) is 0 Å². The number of unbranched alkanes of at least 4 members (excludes halogenated alkanes) is 3. The third kappa shape index (κ3) is 6.06. The Morgan fingerprint density at radius 3 is 2.53 bits per heavy atom. The van der Waals surface area contributed by atoms with Crippen LogP contribution >= 0.6 is 0 Å². The SMILES string of the molecule is CCCCCCNC(=O)CC1(O)CCCCC1. The molecule has 17 heavy (non-hydrogen) atoms. The maximum absolute atomic E-state index is 11.7. The van der Waals surface area contributed by atoms with E-state index in [1.54, 1.807) is 0 Å². The lowest BCUT2D eigenvalue weighted by Crippen LogP contribution is -2.38. The van der Waals surface area contributed by atoms with E-state index in [1.165, 1.54) is 25.7 Å². The van der Waals surface area contributed by atoms with Crippen LogP contribution in [-0.4, -0.2) is 23.2 Å². The van der Waals surface area contributed by atoms with E-state index >= 15 is 0 Å². The molecule has 1 saturated carbocycles. The fourth-order valence-corrected chi connectivity index (χ4v) is 2.53. The average Bonchev–Trinajstić information content (AvgIpc) is 2.29. The first-order valence-electron chi connectivity index (χ1n) is 7.15. The lowest BCUT2D eigenvalue weighted by atomic mass is 9.82. The van der Waals surface area contributed by atoms with Crippen LogP contribution in [-0.2, 0) is 4.79 Å². The maximum Gasteiger partial charge on any atom is 0.222 e. The van der Waals surface area contributed by atoms with Gasteiger partial charge in [0.05, 0.1) is 12.0 Å². The summed E-state index contributed by atoms with van der Waals surface area (Å²) in [6.07, 6.45) is 9.86. The smallest absolute Gasteiger partial charge is 0.222 e. The van der Waals surface area contributed by atoms with E-state index in [-0.39, 0.29) is 5.91 Å². The van der Waals surface area contributed by atoms with E-state index in [0.717, 1.165) is 38.6 Å². The number of aliphatic hydroxyl groups is 1. The number of carbonyl (C=O) groups is 1. The molecule has 0 aromatic carbocycles. The summed E-state index contributed by atoms with van der Waals surface area (Å²) in [5.74, 6) is 0.0194. The van der Waals surface area contributed by atoms with Crippen molar-refractivity contribution in [2.75, 3.05) is 6.54 Å². The summed E-state index contributed by atoms with van der Waals surface area (Å²) in [6.45, 7) is 2.94. The Labute approximate surface area is 105 Å². The van der Waals surface area contributed by atoms with E-state index in [9.17, 15) is 9.90 Å². The minimum Gasteiger partial charge on any atom is -0.389 e. The van der Waals surface area contributed by atoms with Crippen molar-refractivity contribution in [1.82, 2.24) is 5.32 Å². The molecule has 0 spiro atoms. The zero-order valence-corrected chi connectivity index (χ0v) is 11.1. The topological polar surface area (TPSA) is 49.3 Å². The molecule has 100 valence electrons. The van der Waals surface area contributed by atoms with Crippen LogP contribution in [0.3, 0.4) is 0 Å². The molecular weight excluding hydrogens is 214 g/mol. The third-order valence-corrected chi connectivity index (χ3v) is 3.63. The molecule has 1 rings (SSSR count). The summed E-state index contributed by atoms with van der Waals surface area (Å²) < 4.78 is 0. The normalized spacial score (nSPS) is 18.9. The Morgan fingerprint density at radius 2 is 1.88 bits per heavy atom. The molecule has 1 amide bonds. The molecule has 0 unspecified atom stereocenters. The first kappa shape index (κ1) is 14.5. The number of hydrogen-bond acceptors (Lipinski definition) is 2. The van der Waals surface area contributed by atoms with Crippen LogP contribution in [0, 0.1) is 0 Å². The van der Waals surface area contributed by atoms with E-state index in [2.05, 4.69) is 12.2 Å². The predicted molar refractivity (Wildman–Crippen MR) is 69.8 cm³/mol. The van der Waals surface area contributed by atoms with Crippen LogP contribution in [0.5, 0.6) is 0 Å². The Hall–Kier alpha value is -0.570. The Morgan fingerprint density at radius 1 is 1.18 bits per heavy atom. The van der Waals surface area contributed by atoms with Crippen molar-refractivity contribution in [2.24, 2.45) is 0 Å². The molecule has 0 aromatic heterocycles. The van der Waals surface area contributed by atoms with Crippen LogP contribution < -0.4 is 5.32 Å². The van der Waals surface area contributed by atoms with E-state index in [4.69, 9.17) is 0 Å². The van der Waals surface area contributed by atoms with Crippen LogP contribution in [0.1, 0.15) is 71.1 Å². The molecule has 1 aliphatic carbocycles. The van der Waals surface area contributed by atoms with Gasteiger partial charge in [-0.05, 0) is 19.3 Å². The van der Waals surface area contributed by atoms with Gasteiger partial charge in [0.2, 0.25) is 5.91 Å². The highest BCUT2D eigenvalue weighted by molar-refractivity contribution is 5.76. The molecule has 0 aliphatic heterocycles. The zero-order valence-electron chi connectivity index (χ0n) is 11.1. The molecule has 0 aromatic rings. The second-order valence-corrected chi connectivity index (χ2v) is 5.37. The number of carbonyl (C=O) groups excluding carboxylic acids is 1. The van der Waals surface area contributed by atoms with Gasteiger partial charge in [-0.2, -0.15) is 0 Å². The average molecular weight is 241 g/mol. The Balaban J connectivity index is 2.11. The lowest BCUT2D eigenvalue weighted by molar-refractivity contribution is -0.127. The second kappa shape index (κ2) is 7.70. The fraction of sp³-hybridized carbons (Fsp3) is 0.929. The minimum atomic E-state index is -0.717. The lowest BCUT2D eigenvalue weighted by Gasteiger charge is -2.31. The van der Waals surface area contributed by atoms with Crippen LogP contribution in [0.25, 0.3) is 0 Å². The van der Waals surface area contributed by atoms with Crippen molar-refractivity contribution in [3.05, 3.63) is 0 Å². The Kier molecular flexibility index (Phi) is 6.56. The first-order valence-corrected chi connectivity index (χ1v) is 7.15. The van der Waals surface area contributed by atoms with Gasteiger partial charge in [-0.25, -0.2) is 0 Å². The van der Waals surface area contributed by atoms with Gasteiger partial charge in [0.1, 0.15) is 0 Å². The molecule has 0 atom stereocenters. The molecular formula is C14H27NO2. The van der Waals surface area contributed by atoms with Gasteiger partial charge in [0.15, 0.2) is 0 Å². The van der Waals surface area contributed by atoms with Gasteiger partial charge in [-0.15, -0.1) is 0 Å². The standard InChI is InChI=1S/C14H27NO2/c1-2-3-4-8-11-15-13(16)12-14(17)9-6-5-7-10-14/h17H,2-12H2,1H3,(H,15,16). The minimum absolute atomic E-state index is 0.0194. The summed E-state index contributed by atoms with van der Waals surface area (Å²) in [4.78, 5) is 11.7. The molecule has 0 heterocycles. The van der Waals surface area contributed by atoms with E-state index in [0.29, 0.717) is 6.42 Å². The molecule has 0 radical (unpaired) electrons. The molecule has 2 N–H and O–H groups in total. The monoisotopic (exact) mass is 241 g/mol. The number of nitrogens with one attached hydrogen (secondary N) is 1. The molecule has 1 fully saturated rings. The number of hydrogen-bond donors (Lipinski definition) is 2. The van der Waals surface area contributed by atoms with Crippen LogP contribution in [0.4, 0.5) is 0 Å². The van der Waals surface area contributed by atoms with Gasteiger partial charge in [0, 0.05) is 6.54 Å². The highest BCUT2D eigenvalue weighted by Crippen LogP contribution is 2.30. The highest BCUT2D eigenvalue weighted by Gasteiger charge is 2.31. The largest absolute Gasteiger partial charge is 0.389 e. The van der Waals surface area contributed by atoms with Crippen molar-refractivity contribution in [3.8, 4) is 0 Å². The van der Waals surface area contributed by atoms with Gasteiger partial charge in [0.25, 0.3) is 0 Å². The molecule has 1 aliphatic rings. The molecule has 0 bridgehead atoms. The van der Waals surface area contributed by atoms with Crippen molar-refractivity contribution < 1.29 is 9.90 Å². The number of rotatable bonds is 7. The zero-order chi connectivity index (χ0) is 12.6. The van der Waals surface area contributed by atoms with Crippen molar-refractivity contribution >= 4 is 5.91 Å². The van der Waals surface area contributed by atoms with Gasteiger partial charge < -0.3 is 10.4 Å².